The minimum Gasteiger partial charge on any atom is -0.478 e. The Bertz CT molecular complexity index is 736. The Morgan fingerprint density at radius 2 is 1.95 bits per heavy atom. The quantitative estimate of drug-likeness (QED) is 0.618. The summed E-state index contributed by atoms with van der Waals surface area (Å²) in [5.41, 5.74) is 5.19. The molecular weight excluding hydrogens is 262 g/mol. The molecule has 7 heteroatoms. The molecule has 0 spiro atoms. The smallest absolute Gasteiger partial charge is 0.337 e. The van der Waals surface area contributed by atoms with Crippen molar-refractivity contribution in [2.75, 3.05) is 11.1 Å². The van der Waals surface area contributed by atoms with Gasteiger partial charge in [-0.15, -0.1) is 0 Å². The highest BCUT2D eigenvalue weighted by molar-refractivity contribution is 6.07. The van der Waals surface area contributed by atoms with E-state index < -0.39 is 17.3 Å². The molecule has 0 saturated heterocycles. The van der Waals surface area contributed by atoms with Gasteiger partial charge in [-0.1, -0.05) is 0 Å². The molecule has 2 aromatic rings. The number of nitrogens with one attached hydrogen (secondary N) is 2. The number of anilines is 2. The van der Waals surface area contributed by atoms with Crippen LogP contribution in [0.4, 0.5) is 11.4 Å². The fourth-order valence-corrected chi connectivity index (χ4v) is 1.64. The number of carbonyl (C=O) groups is 2. The number of aromatic amines is 1. The van der Waals surface area contributed by atoms with E-state index in [1.165, 1.54) is 36.7 Å². The summed E-state index contributed by atoms with van der Waals surface area (Å²) >= 11 is 0. The standard InChI is InChI=1S/C13H11N3O4/c14-7-1-2-8(13(19)20)10(5-7)16-12(18)9-6-15-4-3-11(9)17/h1-6H,14H2,(H,15,17)(H,16,18)(H,19,20). The van der Waals surface area contributed by atoms with E-state index in [0.29, 0.717) is 5.69 Å². The van der Waals surface area contributed by atoms with Crippen molar-refractivity contribution < 1.29 is 14.7 Å². The maximum Gasteiger partial charge on any atom is 0.337 e. The monoisotopic (exact) mass is 273 g/mol. The van der Waals surface area contributed by atoms with Crippen molar-refractivity contribution >= 4 is 23.3 Å². The van der Waals surface area contributed by atoms with Gasteiger partial charge in [-0.05, 0) is 18.2 Å². The minimum absolute atomic E-state index is 0.0331. The van der Waals surface area contributed by atoms with E-state index >= 15 is 0 Å². The first kappa shape index (κ1) is 13.3. The topological polar surface area (TPSA) is 125 Å². The normalized spacial score (nSPS) is 10.0. The van der Waals surface area contributed by atoms with Crippen molar-refractivity contribution in [3.8, 4) is 0 Å². The molecule has 1 amide bonds. The third kappa shape index (κ3) is 2.66. The van der Waals surface area contributed by atoms with Crippen molar-refractivity contribution in [1.29, 1.82) is 0 Å². The second-order valence-corrected chi connectivity index (χ2v) is 3.99. The van der Waals surface area contributed by atoms with Gasteiger partial charge in [-0.2, -0.15) is 0 Å². The van der Waals surface area contributed by atoms with E-state index in [1.54, 1.807) is 0 Å². The maximum atomic E-state index is 12.0. The van der Waals surface area contributed by atoms with Crippen molar-refractivity contribution in [3.63, 3.8) is 0 Å². The molecule has 0 aliphatic carbocycles. The zero-order chi connectivity index (χ0) is 14.7. The van der Waals surface area contributed by atoms with Crippen molar-refractivity contribution in [1.82, 2.24) is 4.98 Å². The summed E-state index contributed by atoms with van der Waals surface area (Å²) in [6.07, 6.45) is 2.63. The number of rotatable bonds is 3. The Balaban J connectivity index is 2.38. The van der Waals surface area contributed by atoms with E-state index in [9.17, 15) is 14.4 Å². The summed E-state index contributed by atoms with van der Waals surface area (Å²) < 4.78 is 0. The molecule has 20 heavy (non-hydrogen) atoms. The van der Waals surface area contributed by atoms with E-state index in [4.69, 9.17) is 10.8 Å². The zero-order valence-corrected chi connectivity index (χ0v) is 10.2. The highest BCUT2D eigenvalue weighted by atomic mass is 16.4. The van der Waals surface area contributed by atoms with E-state index in [2.05, 4.69) is 10.3 Å². The van der Waals surface area contributed by atoms with Gasteiger partial charge >= 0.3 is 5.97 Å². The van der Waals surface area contributed by atoms with Gasteiger partial charge in [0.15, 0.2) is 5.43 Å². The highest BCUT2D eigenvalue weighted by Gasteiger charge is 2.15. The number of carbonyl (C=O) groups excluding carboxylic acids is 1. The van der Waals surface area contributed by atoms with Gasteiger partial charge in [0.25, 0.3) is 5.91 Å². The first-order valence-electron chi connectivity index (χ1n) is 5.60. The SMILES string of the molecule is Nc1ccc(C(=O)O)c(NC(=O)c2c[nH]ccc2=O)c1. The molecule has 0 aliphatic rings. The summed E-state index contributed by atoms with van der Waals surface area (Å²) in [6, 6.07) is 5.21. The van der Waals surface area contributed by atoms with Gasteiger partial charge in [-0.25, -0.2) is 4.79 Å². The van der Waals surface area contributed by atoms with Crippen molar-refractivity contribution in [2.24, 2.45) is 0 Å². The Hall–Kier alpha value is -3.09. The maximum absolute atomic E-state index is 12.0. The summed E-state index contributed by atoms with van der Waals surface area (Å²) in [5.74, 6) is -1.91. The molecule has 0 unspecified atom stereocenters. The van der Waals surface area contributed by atoms with Crippen LogP contribution in [0.5, 0.6) is 0 Å². The van der Waals surface area contributed by atoms with E-state index in [0.717, 1.165) is 0 Å². The van der Waals surface area contributed by atoms with Crippen LogP contribution in [0.1, 0.15) is 20.7 Å². The average Bonchev–Trinajstić information content (AvgIpc) is 2.38. The lowest BCUT2D eigenvalue weighted by atomic mass is 10.1. The largest absolute Gasteiger partial charge is 0.478 e. The number of carboxylic acid groups (broad SMARTS) is 1. The Labute approximate surface area is 113 Å². The molecular formula is C13H11N3O4. The second-order valence-electron chi connectivity index (χ2n) is 3.99. The molecule has 0 aliphatic heterocycles. The fourth-order valence-electron chi connectivity index (χ4n) is 1.64. The number of hydrogen-bond acceptors (Lipinski definition) is 4. The predicted molar refractivity (Wildman–Crippen MR) is 72.8 cm³/mol. The molecule has 1 aromatic carbocycles. The number of aromatic nitrogens is 1. The predicted octanol–water partition coefficient (Wildman–Crippen LogP) is 0.908. The van der Waals surface area contributed by atoms with Crippen molar-refractivity contribution in [3.05, 3.63) is 58.0 Å². The van der Waals surface area contributed by atoms with Gasteiger partial charge in [-0.3, -0.25) is 9.59 Å². The molecule has 0 radical (unpaired) electrons. The first-order valence-corrected chi connectivity index (χ1v) is 5.60. The van der Waals surface area contributed by atoms with Crippen LogP contribution < -0.4 is 16.5 Å². The number of hydrogen-bond donors (Lipinski definition) is 4. The Morgan fingerprint density at radius 1 is 1.20 bits per heavy atom. The lowest BCUT2D eigenvalue weighted by molar-refractivity contribution is 0.0698. The molecule has 0 fully saturated rings. The zero-order valence-electron chi connectivity index (χ0n) is 10.2. The van der Waals surface area contributed by atoms with E-state index in [-0.39, 0.29) is 16.8 Å². The molecule has 2 rings (SSSR count). The van der Waals surface area contributed by atoms with Crippen LogP contribution in [-0.2, 0) is 0 Å². The average molecular weight is 273 g/mol. The lowest BCUT2D eigenvalue weighted by Gasteiger charge is -2.09. The van der Waals surface area contributed by atoms with Crippen LogP contribution in [0.2, 0.25) is 0 Å². The number of nitrogens with two attached hydrogens (primary N) is 1. The van der Waals surface area contributed by atoms with Crippen molar-refractivity contribution in [2.45, 2.75) is 0 Å². The van der Waals surface area contributed by atoms with Crippen LogP contribution in [0.3, 0.4) is 0 Å². The van der Waals surface area contributed by atoms with Gasteiger partial charge in [0.1, 0.15) is 5.56 Å². The van der Waals surface area contributed by atoms with Crippen LogP contribution >= 0.6 is 0 Å². The number of aromatic carboxylic acids is 1. The second kappa shape index (κ2) is 5.27. The number of nitrogen functional groups attached to an aromatic ring is 1. The molecule has 7 nitrogen and oxygen atoms in total. The molecule has 0 atom stereocenters. The Morgan fingerprint density at radius 3 is 2.60 bits per heavy atom. The van der Waals surface area contributed by atoms with E-state index in [1.807, 2.05) is 0 Å². The summed E-state index contributed by atoms with van der Waals surface area (Å²) in [5, 5.41) is 11.4. The number of carboxylic acids is 1. The van der Waals surface area contributed by atoms with Gasteiger partial charge in [0.05, 0.1) is 11.3 Å². The summed E-state index contributed by atoms with van der Waals surface area (Å²) in [7, 11) is 0. The molecule has 0 saturated carbocycles. The van der Waals surface area contributed by atoms with Gasteiger partial charge in [0.2, 0.25) is 0 Å². The number of benzene rings is 1. The molecule has 102 valence electrons. The Kier molecular flexibility index (Phi) is 3.52. The van der Waals surface area contributed by atoms with Crippen LogP contribution in [-0.4, -0.2) is 22.0 Å². The summed E-state index contributed by atoms with van der Waals surface area (Å²) in [6.45, 7) is 0. The molecule has 5 N–H and O–H groups in total. The van der Waals surface area contributed by atoms with Crippen LogP contribution in [0, 0.1) is 0 Å². The van der Waals surface area contributed by atoms with Crippen LogP contribution in [0.15, 0.2) is 41.5 Å². The first-order chi connectivity index (χ1) is 9.49. The minimum atomic E-state index is -1.21. The lowest BCUT2D eigenvalue weighted by Crippen LogP contribution is -2.22. The van der Waals surface area contributed by atoms with Gasteiger partial charge < -0.3 is 21.1 Å². The molecule has 0 bridgehead atoms. The fraction of sp³-hybridized carbons (Fsp3) is 0. The third-order valence-electron chi connectivity index (χ3n) is 2.59. The third-order valence-corrected chi connectivity index (χ3v) is 2.59. The summed E-state index contributed by atoms with van der Waals surface area (Å²) in [4.78, 5) is 37.1. The number of pyridine rings is 1. The highest BCUT2D eigenvalue weighted by Crippen LogP contribution is 2.19. The molecule has 1 aromatic heterocycles. The van der Waals surface area contributed by atoms with Gasteiger partial charge in [0, 0.05) is 24.1 Å². The number of amides is 1. The molecule has 1 heterocycles. The van der Waals surface area contributed by atoms with Crippen LogP contribution in [0.25, 0.3) is 0 Å². The number of H-pyrrole nitrogens is 1.